The molecule has 4 nitrogen and oxygen atoms in total. The molecular weight excluding hydrogens is 216 g/mol. The van der Waals surface area contributed by atoms with Crippen LogP contribution in [0.1, 0.15) is 27.2 Å². The van der Waals surface area contributed by atoms with Gasteiger partial charge >= 0.3 is 0 Å². The van der Waals surface area contributed by atoms with Crippen LogP contribution >= 0.6 is 0 Å². The quantitative estimate of drug-likeness (QED) is 0.825. The highest BCUT2D eigenvalue weighted by molar-refractivity contribution is 5.41. The molecule has 1 heterocycles. The van der Waals surface area contributed by atoms with Gasteiger partial charge in [0.15, 0.2) is 0 Å². The zero-order chi connectivity index (χ0) is 12.8. The normalized spacial score (nSPS) is 14.4. The molecule has 0 radical (unpaired) electrons. The van der Waals surface area contributed by atoms with E-state index >= 15 is 0 Å². The molecule has 0 saturated heterocycles. The number of methoxy groups -OCH3 is 1. The van der Waals surface area contributed by atoms with Gasteiger partial charge in [-0.2, -0.15) is 0 Å². The Morgan fingerprint density at radius 2 is 2.12 bits per heavy atom. The highest BCUT2D eigenvalue weighted by Crippen LogP contribution is 2.09. The van der Waals surface area contributed by atoms with E-state index in [1.165, 1.54) is 0 Å². The van der Waals surface area contributed by atoms with E-state index in [2.05, 4.69) is 19.2 Å². The van der Waals surface area contributed by atoms with Crippen molar-refractivity contribution in [2.45, 2.75) is 45.9 Å². The first-order valence-corrected chi connectivity index (χ1v) is 6.08. The van der Waals surface area contributed by atoms with E-state index < -0.39 is 0 Å². The number of rotatable bonds is 6. The fourth-order valence-electron chi connectivity index (χ4n) is 1.62. The molecule has 2 atom stereocenters. The predicted molar refractivity (Wildman–Crippen MR) is 70.5 cm³/mol. The molecule has 1 aromatic heterocycles. The number of hydrogen-bond donors (Lipinski definition) is 1. The van der Waals surface area contributed by atoms with Gasteiger partial charge in [-0.1, -0.05) is 6.92 Å². The molecule has 96 valence electrons. The van der Waals surface area contributed by atoms with Crippen LogP contribution in [0.25, 0.3) is 0 Å². The molecule has 2 unspecified atom stereocenters. The second kappa shape index (κ2) is 6.45. The summed E-state index contributed by atoms with van der Waals surface area (Å²) in [5, 5.41) is 3.33. The maximum Gasteiger partial charge on any atom is 0.250 e. The lowest BCUT2D eigenvalue weighted by Gasteiger charge is -2.21. The number of anilines is 1. The molecule has 0 aliphatic carbocycles. The summed E-state index contributed by atoms with van der Waals surface area (Å²) < 4.78 is 6.98. The lowest BCUT2D eigenvalue weighted by molar-refractivity contribution is 0.106. The minimum atomic E-state index is 0.0462. The van der Waals surface area contributed by atoms with E-state index in [9.17, 15) is 4.79 Å². The zero-order valence-corrected chi connectivity index (χ0v) is 11.1. The Hall–Kier alpha value is -1.29. The fourth-order valence-corrected chi connectivity index (χ4v) is 1.62. The Morgan fingerprint density at radius 1 is 1.41 bits per heavy atom. The van der Waals surface area contributed by atoms with Crippen molar-refractivity contribution in [1.29, 1.82) is 0 Å². The highest BCUT2D eigenvalue weighted by Gasteiger charge is 2.10. The van der Waals surface area contributed by atoms with Gasteiger partial charge in [-0.15, -0.1) is 0 Å². The second-order valence-corrected chi connectivity index (χ2v) is 4.32. The maximum atomic E-state index is 11.5. The summed E-state index contributed by atoms with van der Waals surface area (Å²) in [5.41, 5.74) is 0.999. The van der Waals surface area contributed by atoms with E-state index in [0.717, 1.165) is 18.7 Å². The van der Waals surface area contributed by atoms with Crippen LogP contribution in [-0.2, 0) is 11.3 Å². The number of hydrogen-bond acceptors (Lipinski definition) is 3. The fraction of sp³-hybridized carbons (Fsp3) is 0.615. The Balaban J connectivity index is 2.78. The van der Waals surface area contributed by atoms with Crippen LogP contribution in [-0.4, -0.2) is 23.8 Å². The van der Waals surface area contributed by atoms with Crippen LogP contribution in [0.15, 0.2) is 23.1 Å². The minimum Gasteiger partial charge on any atom is -0.380 e. The summed E-state index contributed by atoms with van der Waals surface area (Å²) in [6, 6.07) is 3.61. The van der Waals surface area contributed by atoms with Gasteiger partial charge in [0, 0.05) is 32.0 Å². The van der Waals surface area contributed by atoms with Crippen molar-refractivity contribution in [3.8, 4) is 0 Å². The Bertz CT molecular complexity index is 401. The number of ether oxygens (including phenoxy) is 1. The molecule has 1 rings (SSSR count). The summed E-state index contributed by atoms with van der Waals surface area (Å²) in [7, 11) is 1.70. The van der Waals surface area contributed by atoms with Crippen molar-refractivity contribution in [2.24, 2.45) is 0 Å². The molecule has 0 spiro atoms. The van der Waals surface area contributed by atoms with Gasteiger partial charge in [-0.25, -0.2) is 0 Å². The molecule has 1 aromatic rings. The number of pyridine rings is 1. The molecule has 1 N–H and O–H groups in total. The van der Waals surface area contributed by atoms with E-state index in [1.54, 1.807) is 17.7 Å². The van der Waals surface area contributed by atoms with Gasteiger partial charge in [0.25, 0.3) is 5.56 Å². The maximum absolute atomic E-state index is 11.5. The van der Waals surface area contributed by atoms with E-state index in [4.69, 9.17) is 4.74 Å². The van der Waals surface area contributed by atoms with Crippen LogP contribution in [0.3, 0.4) is 0 Å². The third kappa shape index (κ3) is 3.89. The summed E-state index contributed by atoms with van der Waals surface area (Å²) in [4.78, 5) is 11.5. The van der Waals surface area contributed by atoms with Crippen LogP contribution in [0.4, 0.5) is 5.69 Å². The number of aromatic nitrogens is 1. The van der Waals surface area contributed by atoms with Crippen LogP contribution < -0.4 is 10.9 Å². The van der Waals surface area contributed by atoms with Gasteiger partial charge in [-0.05, 0) is 26.3 Å². The van der Waals surface area contributed by atoms with Crippen molar-refractivity contribution in [2.75, 3.05) is 12.4 Å². The monoisotopic (exact) mass is 238 g/mol. The highest BCUT2D eigenvalue weighted by atomic mass is 16.5. The third-order valence-corrected chi connectivity index (χ3v) is 2.92. The van der Waals surface area contributed by atoms with Crippen molar-refractivity contribution in [1.82, 2.24) is 4.57 Å². The smallest absolute Gasteiger partial charge is 0.250 e. The first kappa shape index (κ1) is 13.8. The van der Waals surface area contributed by atoms with Crippen molar-refractivity contribution in [3.05, 3.63) is 28.7 Å². The SMILES string of the molecule is CCCn1cc(NC(C)C(C)OC)ccc1=O. The lowest BCUT2D eigenvalue weighted by atomic mass is 10.2. The molecule has 0 aliphatic heterocycles. The van der Waals surface area contributed by atoms with Gasteiger partial charge in [0.1, 0.15) is 0 Å². The van der Waals surface area contributed by atoms with Crippen molar-refractivity contribution in [3.63, 3.8) is 0 Å². The van der Waals surface area contributed by atoms with Crippen LogP contribution in [0, 0.1) is 0 Å². The average Bonchev–Trinajstić information content (AvgIpc) is 2.32. The van der Waals surface area contributed by atoms with Gasteiger partial charge < -0.3 is 14.6 Å². The number of nitrogens with one attached hydrogen (secondary N) is 1. The van der Waals surface area contributed by atoms with Gasteiger partial charge in [0.2, 0.25) is 0 Å². The van der Waals surface area contributed by atoms with E-state index in [1.807, 2.05) is 19.2 Å². The number of nitrogens with zero attached hydrogens (tertiary/aromatic N) is 1. The molecule has 4 heteroatoms. The van der Waals surface area contributed by atoms with Crippen molar-refractivity contribution >= 4 is 5.69 Å². The van der Waals surface area contributed by atoms with Crippen LogP contribution in [0.5, 0.6) is 0 Å². The first-order chi connectivity index (χ1) is 8.08. The molecule has 17 heavy (non-hydrogen) atoms. The summed E-state index contributed by atoms with van der Waals surface area (Å²) in [6.45, 7) is 6.88. The predicted octanol–water partition coefficient (Wildman–Crippen LogP) is 2.09. The molecule has 0 aliphatic rings. The summed E-state index contributed by atoms with van der Waals surface area (Å²) in [5.74, 6) is 0. The Kier molecular flexibility index (Phi) is 5.22. The van der Waals surface area contributed by atoms with Gasteiger partial charge in [-0.3, -0.25) is 4.79 Å². The molecule has 0 saturated carbocycles. The Morgan fingerprint density at radius 3 is 2.71 bits per heavy atom. The zero-order valence-electron chi connectivity index (χ0n) is 11.1. The molecule has 0 fully saturated rings. The van der Waals surface area contributed by atoms with Crippen molar-refractivity contribution < 1.29 is 4.74 Å². The second-order valence-electron chi connectivity index (χ2n) is 4.32. The largest absolute Gasteiger partial charge is 0.380 e. The molecule has 0 bridgehead atoms. The third-order valence-electron chi connectivity index (χ3n) is 2.92. The first-order valence-electron chi connectivity index (χ1n) is 6.08. The standard InChI is InChI=1S/C13H22N2O2/c1-5-8-15-9-12(6-7-13(15)16)14-10(2)11(3)17-4/h6-7,9-11,14H,5,8H2,1-4H3. The minimum absolute atomic E-state index is 0.0462. The Labute approximate surface area is 103 Å². The lowest BCUT2D eigenvalue weighted by Crippen LogP contribution is -2.30. The average molecular weight is 238 g/mol. The number of aryl methyl sites for hydroxylation is 1. The topological polar surface area (TPSA) is 43.3 Å². The molecule has 0 amide bonds. The van der Waals surface area contributed by atoms with Crippen LogP contribution in [0.2, 0.25) is 0 Å². The van der Waals surface area contributed by atoms with E-state index in [0.29, 0.717) is 0 Å². The van der Waals surface area contributed by atoms with E-state index in [-0.39, 0.29) is 17.7 Å². The summed E-state index contributed by atoms with van der Waals surface area (Å²) >= 11 is 0. The van der Waals surface area contributed by atoms with Gasteiger partial charge in [0.05, 0.1) is 11.8 Å². The molecule has 0 aromatic carbocycles. The molecular formula is C13H22N2O2. The summed E-state index contributed by atoms with van der Waals surface area (Å²) in [6.07, 6.45) is 2.94.